The van der Waals surface area contributed by atoms with E-state index in [0.717, 1.165) is 67.4 Å². The standard InChI is InChI=1S/C18H23N3O2.C17H22N4O2.C2H4O2/c1-11-7-15-14(8-13(11)9-18(3)5-4-6-18)21-12(2)17(22)20-19-16(21)10-23-15;1-10-4-14-13(5-12(10)6-17(3)8-18-9-17)21-11(2)16(22)20-19-15(21)7-23-14;1-2(3)4/h7-8,12H,4-6,9-10H2,1-3H3,(H,20,22);4-5,11,18H,6-9H2,1-3H3,(H,20,22);1H3,(H,3,4)/t12-;11-;/m11./s1. The third-order valence-electron chi connectivity index (χ3n) is 10.6. The highest BCUT2D eigenvalue weighted by Gasteiger charge is 2.39. The van der Waals surface area contributed by atoms with Gasteiger partial charge >= 0.3 is 0 Å². The number of carbonyl (C=O) groups excluding carboxylic acids is 2. The molecule has 50 heavy (non-hydrogen) atoms. The number of carboxylic acids is 1. The van der Waals surface area contributed by atoms with Crippen LogP contribution in [0.15, 0.2) is 34.5 Å². The van der Waals surface area contributed by atoms with Gasteiger partial charge in [-0.1, -0.05) is 20.3 Å². The van der Waals surface area contributed by atoms with E-state index >= 15 is 0 Å². The summed E-state index contributed by atoms with van der Waals surface area (Å²) in [5.74, 6) is 2.23. The van der Waals surface area contributed by atoms with Gasteiger partial charge in [-0.3, -0.25) is 14.4 Å². The average molecular weight is 688 g/mol. The lowest BCUT2D eigenvalue weighted by molar-refractivity contribution is -0.134. The molecule has 0 radical (unpaired) electrons. The number of anilines is 2. The van der Waals surface area contributed by atoms with Gasteiger partial charge in [0.1, 0.15) is 36.8 Å². The Labute approximate surface area is 293 Å². The number of nitrogens with zero attached hydrogens (tertiary/aromatic N) is 4. The smallest absolute Gasteiger partial charge is 0.300 e. The highest BCUT2D eigenvalue weighted by molar-refractivity contribution is 6.10. The maximum absolute atomic E-state index is 12.0. The minimum atomic E-state index is -0.833. The number of hydrogen-bond acceptors (Lipinski definition) is 10. The normalized spacial score (nSPS) is 23.2. The quantitative estimate of drug-likeness (QED) is 0.373. The summed E-state index contributed by atoms with van der Waals surface area (Å²) in [6.07, 6.45) is 6.06. The number of hydrazone groups is 2. The minimum Gasteiger partial charge on any atom is -0.483 e. The molecule has 2 aromatic rings. The monoisotopic (exact) mass is 687 g/mol. The Morgan fingerprint density at radius 1 is 0.820 bits per heavy atom. The van der Waals surface area contributed by atoms with Crippen molar-refractivity contribution in [2.24, 2.45) is 21.0 Å². The Morgan fingerprint density at radius 2 is 1.24 bits per heavy atom. The molecule has 1 aliphatic carbocycles. The first-order chi connectivity index (χ1) is 23.7. The first kappa shape index (κ1) is 35.2. The van der Waals surface area contributed by atoms with Crippen LogP contribution in [0.2, 0.25) is 0 Å². The summed E-state index contributed by atoms with van der Waals surface area (Å²) in [4.78, 5) is 37.0. The van der Waals surface area contributed by atoms with E-state index < -0.39 is 5.97 Å². The molecule has 268 valence electrons. The van der Waals surface area contributed by atoms with Gasteiger partial charge in [0.25, 0.3) is 17.8 Å². The SMILES string of the molecule is CC(=O)O.Cc1cc2c(cc1CC1(C)CCC1)N1C(=NNC(=O)[C@H]1C)CO2.Cc1cc2c(cc1CC1(C)CNC1)N1C(=NNC(=O)[C@H]1C)CO2. The molecular weight excluding hydrogens is 638 g/mol. The zero-order valence-electron chi connectivity index (χ0n) is 30.1. The van der Waals surface area contributed by atoms with Gasteiger partial charge in [0.15, 0.2) is 11.7 Å². The maximum Gasteiger partial charge on any atom is 0.300 e. The first-order valence-corrected chi connectivity index (χ1v) is 17.4. The molecule has 1 saturated heterocycles. The van der Waals surface area contributed by atoms with Crippen LogP contribution >= 0.6 is 0 Å². The summed E-state index contributed by atoms with van der Waals surface area (Å²) < 4.78 is 11.7. The van der Waals surface area contributed by atoms with Crippen molar-refractivity contribution in [3.63, 3.8) is 0 Å². The zero-order valence-corrected chi connectivity index (χ0v) is 30.1. The summed E-state index contributed by atoms with van der Waals surface area (Å²) in [7, 11) is 0. The van der Waals surface area contributed by atoms with E-state index in [1.54, 1.807) is 0 Å². The number of amides is 2. The number of carbonyl (C=O) groups is 3. The molecule has 1 saturated carbocycles. The largest absolute Gasteiger partial charge is 0.483 e. The molecule has 0 unspecified atom stereocenters. The number of aryl methyl sites for hydroxylation is 2. The molecule has 0 spiro atoms. The Hall–Kier alpha value is -4.65. The number of rotatable bonds is 4. The van der Waals surface area contributed by atoms with Gasteiger partial charge in [-0.15, -0.1) is 0 Å². The first-order valence-electron chi connectivity index (χ1n) is 17.4. The van der Waals surface area contributed by atoms with Gasteiger partial charge in [-0.05, 0) is 111 Å². The fourth-order valence-corrected chi connectivity index (χ4v) is 7.37. The van der Waals surface area contributed by atoms with Gasteiger partial charge in [0, 0.05) is 20.0 Å². The van der Waals surface area contributed by atoms with Crippen LogP contribution in [0.4, 0.5) is 11.4 Å². The van der Waals surface area contributed by atoms with Crippen molar-refractivity contribution in [3.05, 3.63) is 46.5 Å². The lowest BCUT2D eigenvalue weighted by Gasteiger charge is -2.41. The summed E-state index contributed by atoms with van der Waals surface area (Å²) in [5, 5.41) is 19.1. The summed E-state index contributed by atoms with van der Waals surface area (Å²) in [5.41, 5.74) is 13.0. The van der Waals surface area contributed by atoms with E-state index in [0.29, 0.717) is 24.0 Å². The van der Waals surface area contributed by atoms with Crippen LogP contribution in [0.25, 0.3) is 0 Å². The Balaban J connectivity index is 0.000000156. The van der Waals surface area contributed by atoms with Gasteiger partial charge in [0.05, 0.1) is 11.4 Å². The predicted molar refractivity (Wildman–Crippen MR) is 192 cm³/mol. The Kier molecular flexibility index (Phi) is 9.55. The van der Waals surface area contributed by atoms with Crippen LogP contribution in [-0.2, 0) is 27.2 Å². The zero-order chi connectivity index (χ0) is 36.0. The highest BCUT2D eigenvalue weighted by atomic mass is 16.5. The van der Waals surface area contributed by atoms with E-state index in [4.69, 9.17) is 19.4 Å². The lowest BCUT2D eigenvalue weighted by Crippen LogP contribution is -2.55. The van der Waals surface area contributed by atoms with Crippen molar-refractivity contribution in [2.45, 2.75) is 92.7 Å². The molecule has 0 aromatic heterocycles. The van der Waals surface area contributed by atoms with Crippen LogP contribution in [0.5, 0.6) is 11.5 Å². The predicted octanol–water partition coefficient (Wildman–Crippen LogP) is 4.03. The number of hydrogen-bond donors (Lipinski definition) is 4. The number of aliphatic carboxylic acids is 1. The van der Waals surface area contributed by atoms with Crippen LogP contribution < -0.4 is 35.4 Å². The maximum atomic E-state index is 12.0. The van der Waals surface area contributed by atoms with Crippen molar-refractivity contribution < 1.29 is 29.0 Å². The fraction of sp³-hybridized carbons (Fsp3) is 0.541. The van der Waals surface area contributed by atoms with Crippen molar-refractivity contribution in [1.82, 2.24) is 16.2 Å². The van der Waals surface area contributed by atoms with Gasteiger partial charge in [-0.25, -0.2) is 10.9 Å². The summed E-state index contributed by atoms with van der Waals surface area (Å²) in [6.45, 7) is 16.7. The summed E-state index contributed by atoms with van der Waals surface area (Å²) >= 11 is 0. The molecule has 2 aromatic carbocycles. The molecule has 2 fully saturated rings. The molecule has 2 amide bonds. The second kappa shape index (κ2) is 13.6. The molecule has 13 nitrogen and oxygen atoms in total. The molecule has 5 aliphatic heterocycles. The lowest BCUT2D eigenvalue weighted by atomic mass is 9.66. The third-order valence-corrected chi connectivity index (χ3v) is 10.6. The van der Waals surface area contributed by atoms with Crippen LogP contribution in [0, 0.1) is 24.7 Å². The highest BCUT2D eigenvalue weighted by Crippen LogP contribution is 2.45. The topological polar surface area (TPSA) is 157 Å². The number of amidine groups is 2. The van der Waals surface area contributed by atoms with Crippen molar-refractivity contribution >= 4 is 40.8 Å². The van der Waals surface area contributed by atoms with Crippen LogP contribution in [-0.4, -0.2) is 72.9 Å². The Morgan fingerprint density at radius 3 is 1.60 bits per heavy atom. The van der Waals surface area contributed by atoms with Crippen molar-refractivity contribution in [2.75, 3.05) is 36.1 Å². The van der Waals surface area contributed by atoms with E-state index in [9.17, 15) is 9.59 Å². The minimum absolute atomic E-state index is 0.0744. The molecule has 8 rings (SSSR count). The number of ether oxygens (including phenoxy) is 2. The van der Waals surface area contributed by atoms with E-state index in [2.05, 4.69) is 78.3 Å². The molecule has 13 heteroatoms. The van der Waals surface area contributed by atoms with Crippen LogP contribution in [0.3, 0.4) is 0 Å². The van der Waals surface area contributed by atoms with Crippen LogP contribution in [0.1, 0.15) is 76.1 Å². The van der Waals surface area contributed by atoms with E-state index in [1.807, 2.05) is 23.6 Å². The number of carboxylic acid groups (broad SMARTS) is 1. The summed E-state index contributed by atoms with van der Waals surface area (Å²) in [6, 6.07) is 8.05. The second-order valence-corrected chi connectivity index (χ2v) is 15.1. The number of fused-ring (bicyclic) bond motifs is 6. The molecule has 5 heterocycles. The Bertz CT molecular complexity index is 1640. The van der Waals surface area contributed by atoms with Gasteiger partial charge in [0.2, 0.25) is 0 Å². The molecule has 4 N–H and O–H groups in total. The fourth-order valence-electron chi connectivity index (χ4n) is 7.37. The number of nitrogens with one attached hydrogen (secondary N) is 3. The van der Waals surface area contributed by atoms with Crippen molar-refractivity contribution in [1.29, 1.82) is 0 Å². The van der Waals surface area contributed by atoms with Crippen molar-refractivity contribution in [3.8, 4) is 11.5 Å². The molecular formula is C37H49N7O6. The number of benzene rings is 2. The van der Waals surface area contributed by atoms with E-state index in [-0.39, 0.29) is 23.9 Å². The molecule has 0 bridgehead atoms. The second-order valence-electron chi connectivity index (χ2n) is 15.1. The average Bonchev–Trinajstić information content (AvgIpc) is 3.03. The third kappa shape index (κ3) is 7.01. The van der Waals surface area contributed by atoms with E-state index in [1.165, 1.54) is 41.5 Å². The van der Waals surface area contributed by atoms with Gasteiger partial charge < -0.3 is 29.7 Å². The molecule has 2 atom stereocenters. The molecule has 6 aliphatic rings. The van der Waals surface area contributed by atoms with Gasteiger partial charge in [-0.2, -0.15) is 10.2 Å².